The molecule has 3 aliphatic rings. The number of allylic oxidation sites excluding steroid dienone is 1. The molecule has 57 heavy (non-hydrogen) atoms. The second-order valence-corrected chi connectivity index (χ2v) is 16.5. The van der Waals surface area contributed by atoms with Gasteiger partial charge in [-0.3, -0.25) is 23.9 Å². The molecule has 1 fully saturated rings. The predicted octanol–water partition coefficient (Wildman–Crippen LogP) is 8.00. The van der Waals surface area contributed by atoms with Crippen molar-refractivity contribution in [3.63, 3.8) is 0 Å². The number of benzene rings is 4. The van der Waals surface area contributed by atoms with E-state index < -0.39 is 18.1 Å². The number of thioether (sulfide) groups is 1. The van der Waals surface area contributed by atoms with Gasteiger partial charge in [-0.15, -0.1) is 11.3 Å². The van der Waals surface area contributed by atoms with Crippen LogP contribution < -0.4 is 24.4 Å². The topological polar surface area (TPSA) is 92.1 Å². The second kappa shape index (κ2) is 16.5. The first kappa shape index (κ1) is 38.4. The first-order valence-electron chi connectivity index (χ1n) is 18.9. The van der Waals surface area contributed by atoms with E-state index in [0.717, 1.165) is 81.7 Å². The SMILES string of the molecule is [CH]CCCCOc1ccc(/C=C2\c3ccccc3-c3ccc(N4CCc5cc(C=CC=c6s/c(=C7/SC(=S)N(CC)C7=O)n(CC(=O)O)c6=O)ccc54)cc32)cc1. The number of unbranched alkanes of at least 4 members (excludes halogenated alkanes) is 2. The van der Waals surface area contributed by atoms with Gasteiger partial charge in [-0.25, -0.2) is 0 Å². The molecule has 0 atom stereocenters. The molecule has 0 unspecified atom stereocenters. The molecule has 1 aromatic heterocycles. The van der Waals surface area contributed by atoms with E-state index in [2.05, 4.69) is 83.8 Å². The maximum absolute atomic E-state index is 13.3. The highest BCUT2D eigenvalue weighted by atomic mass is 32.2. The van der Waals surface area contributed by atoms with Crippen molar-refractivity contribution < 1.29 is 19.4 Å². The summed E-state index contributed by atoms with van der Waals surface area (Å²) in [6, 6.07) is 30.0. The van der Waals surface area contributed by atoms with Gasteiger partial charge in [-0.2, -0.15) is 0 Å². The van der Waals surface area contributed by atoms with E-state index in [0.29, 0.717) is 33.1 Å². The largest absolute Gasteiger partial charge is 0.494 e. The molecule has 5 aromatic rings. The van der Waals surface area contributed by atoms with E-state index in [9.17, 15) is 19.5 Å². The number of thiocarbonyl (C=S) groups is 1. The predicted molar refractivity (Wildman–Crippen MR) is 236 cm³/mol. The normalized spacial score (nSPS) is 16.6. The number of aromatic nitrogens is 1. The summed E-state index contributed by atoms with van der Waals surface area (Å²) in [5, 5.41) is 9.53. The van der Waals surface area contributed by atoms with E-state index in [1.807, 2.05) is 25.1 Å². The van der Waals surface area contributed by atoms with E-state index in [-0.39, 0.29) is 10.8 Å². The molecule has 1 saturated heterocycles. The Morgan fingerprint density at radius 2 is 1.72 bits per heavy atom. The monoisotopic (exact) mass is 809 g/mol. The van der Waals surface area contributed by atoms with Crippen molar-refractivity contribution in [3.05, 3.63) is 145 Å². The summed E-state index contributed by atoms with van der Waals surface area (Å²) in [6.45, 7) is 8.79. The average molecular weight is 810 g/mol. The van der Waals surface area contributed by atoms with Gasteiger partial charge in [0.25, 0.3) is 11.5 Å². The van der Waals surface area contributed by atoms with Crippen molar-refractivity contribution in [1.82, 2.24) is 9.47 Å². The second-order valence-electron chi connectivity index (χ2n) is 13.9. The molecule has 3 heterocycles. The van der Waals surface area contributed by atoms with E-state index in [1.165, 1.54) is 38.3 Å². The van der Waals surface area contributed by atoms with Gasteiger partial charge in [0.05, 0.1) is 11.1 Å². The molecule has 8 nitrogen and oxygen atoms in total. The van der Waals surface area contributed by atoms with Gasteiger partial charge in [0.15, 0.2) is 0 Å². The van der Waals surface area contributed by atoms with Crippen LogP contribution in [0.1, 0.15) is 54.0 Å². The van der Waals surface area contributed by atoms with Crippen LogP contribution in [0.4, 0.5) is 11.4 Å². The van der Waals surface area contributed by atoms with Crippen LogP contribution in [0.2, 0.25) is 0 Å². The fourth-order valence-electron chi connectivity index (χ4n) is 7.50. The lowest BCUT2D eigenvalue weighted by Crippen LogP contribution is -2.35. The lowest BCUT2D eigenvalue weighted by molar-refractivity contribution is -0.137. The van der Waals surface area contributed by atoms with Crippen LogP contribution in [-0.2, 0) is 22.6 Å². The summed E-state index contributed by atoms with van der Waals surface area (Å²) in [4.78, 5) is 42.1. The Morgan fingerprint density at radius 3 is 2.47 bits per heavy atom. The molecule has 0 bridgehead atoms. The van der Waals surface area contributed by atoms with E-state index in [1.54, 1.807) is 12.2 Å². The van der Waals surface area contributed by atoms with Crippen molar-refractivity contribution in [2.75, 3.05) is 24.6 Å². The molecular weight excluding hydrogens is 771 g/mol. The summed E-state index contributed by atoms with van der Waals surface area (Å²) in [6.07, 6.45) is 11.1. The van der Waals surface area contributed by atoms with Gasteiger partial charge >= 0.3 is 5.97 Å². The highest BCUT2D eigenvalue weighted by Crippen LogP contribution is 2.47. The van der Waals surface area contributed by atoms with Crippen LogP contribution in [0.25, 0.3) is 39.8 Å². The smallest absolute Gasteiger partial charge is 0.323 e. The number of amides is 1. The van der Waals surface area contributed by atoms with Crippen LogP contribution in [0, 0.1) is 6.92 Å². The Hall–Kier alpha value is -5.49. The fraction of sp³-hybridized carbons (Fsp3) is 0.196. The summed E-state index contributed by atoms with van der Waals surface area (Å²) in [5.74, 6) is -0.621. The maximum atomic E-state index is 13.3. The number of anilines is 2. The molecule has 1 N–H and O–H groups in total. The number of nitrogens with zero attached hydrogens (tertiary/aromatic N) is 3. The first-order valence-corrected chi connectivity index (χ1v) is 20.9. The van der Waals surface area contributed by atoms with Gasteiger partial charge in [0.1, 0.15) is 26.2 Å². The number of carbonyl (C=O) groups is 2. The van der Waals surface area contributed by atoms with Gasteiger partial charge in [0, 0.05) is 24.5 Å². The van der Waals surface area contributed by atoms with Crippen molar-refractivity contribution in [1.29, 1.82) is 0 Å². The minimum atomic E-state index is -1.17. The minimum Gasteiger partial charge on any atom is -0.494 e. The quantitative estimate of drug-likeness (QED) is 0.0983. The summed E-state index contributed by atoms with van der Waals surface area (Å²) < 4.78 is 8.09. The van der Waals surface area contributed by atoms with Crippen LogP contribution in [-0.4, -0.2) is 50.5 Å². The Kier molecular flexibility index (Phi) is 11.1. The fourth-order valence-corrected chi connectivity index (χ4v) is 10.1. The number of hydrogen-bond donors (Lipinski definition) is 1. The third-order valence-electron chi connectivity index (χ3n) is 10.3. The van der Waals surface area contributed by atoms with Crippen molar-refractivity contribution in [3.8, 4) is 16.9 Å². The van der Waals surface area contributed by atoms with E-state index in [4.69, 9.17) is 23.9 Å². The Labute approximate surface area is 344 Å². The third-order valence-corrected chi connectivity index (χ3v) is 13.0. The molecule has 11 heteroatoms. The van der Waals surface area contributed by atoms with Gasteiger partial charge < -0.3 is 14.7 Å². The summed E-state index contributed by atoms with van der Waals surface area (Å²) in [5.41, 5.74) is 11.2. The van der Waals surface area contributed by atoms with Crippen LogP contribution in [0.5, 0.6) is 5.75 Å². The molecule has 8 rings (SSSR count). The Bertz CT molecular complexity index is 2670. The lowest BCUT2D eigenvalue weighted by Gasteiger charge is -2.21. The first-order chi connectivity index (χ1) is 27.7. The van der Waals surface area contributed by atoms with Crippen molar-refractivity contribution >= 4 is 91.6 Å². The van der Waals surface area contributed by atoms with Gasteiger partial charge in [-0.1, -0.05) is 84.7 Å². The number of hydrogen-bond acceptors (Lipinski definition) is 8. The van der Waals surface area contributed by atoms with Gasteiger partial charge in [-0.05, 0) is 133 Å². The number of carboxylic acids is 1. The molecule has 0 saturated carbocycles. The van der Waals surface area contributed by atoms with Gasteiger partial charge in [0.2, 0.25) is 0 Å². The summed E-state index contributed by atoms with van der Waals surface area (Å²) >= 11 is 7.55. The zero-order valence-electron chi connectivity index (χ0n) is 31.3. The minimum absolute atomic E-state index is 0.280. The standard InChI is InChI=1S/C46H39N3O5S3/c1-3-5-8-24-54-33-18-14-30(15-19-33)26-37-35-12-7-6-11-34(35)36-20-17-32(27-38(36)37)48-23-22-31-25-29(16-21-39(31)48)10-9-13-40-43(52)49(28-41(50)51)45(56-40)42-44(53)47(4-2)46(55)57-42/h1,6-7,9-21,25-27H,3-5,8,22-24,28H2,2H3,(H,50,51)/b10-9?,37-26+,40-13?,45-42+. The zero-order valence-corrected chi connectivity index (χ0v) is 33.7. The number of carboxylic acid groups (broad SMARTS) is 1. The molecule has 1 amide bonds. The number of ether oxygens (including phenoxy) is 1. The van der Waals surface area contributed by atoms with Crippen LogP contribution >= 0.6 is 35.3 Å². The molecule has 286 valence electrons. The Balaban J connectivity index is 1.05. The molecule has 2 aliphatic heterocycles. The Morgan fingerprint density at radius 1 is 0.947 bits per heavy atom. The number of thiazole rings is 1. The average Bonchev–Trinajstić information content (AvgIpc) is 3.94. The lowest BCUT2D eigenvalue weighted by atomic mass is 10.0. The van der Waals surface area contributed by atoms with E-state index >= 15 is 0 Å². The summed E-state index contributed by atoms with van der Waals surface area (Å²) in [7, 11) is 0. The highest BCUT2D eigenvalue weighted by molar-refractivity contribution is 8.30. The molecule has 2 radical (unpaired) electrons. The number of rotatable bonds is 12. The van der Waals surface area contributed by atoms with Crippen LogP contribution in [0.15, 0.2) is 95.8 Å². The number of aliphatic carboxylic acids is 1. The van der Waals surface area contributed by atoms with Crippen molar-refractivity contribution in [2.45, 2.75) is 39.2 Å². The molecule has 4 aromatic carbocycles. The van der Waals surface area contributed by atoms with Crippen LogP contribution in [0.3, 0.4) is 0 Å². The number of carbonyl (C=O) groups excluding carboxylic acids is 1. The van der Waals surface area contributed by atoms with Crippen molar-refractivity contribution in [2.24, 2.45) is 0 Å². The molecular formula is C46H39N3O5S3. The molecule has 1 aliphatic carbocycles. The third kappa shape index (κ3) is 7.67. The highest BCUT2D eigenvalue weighted by Gasteiger charge is 2.33. The molecule has 0 spiro atoms. The zero-order chi connectivity index (χ0) is 39.6. The number of fused-ring (bicyclic) bond motifs is 4. The maximum Gasteiger partial charge on any atom is 0.323 e.